The molecule has 2 nitrogen and oxygen atoms in total. The van der Waals surface area contributed by atoms with Gasteiger partial charge in [-0.3, -0.25) is 0 Å². The van der Waals surface area contributed by atoms with Crippen LogP contribution in [0, 0.1) is 0 Å². The summed E-state index contributed by atoms with van der Waals surface area (Å²) in [6, 6.07) is 0.697. The van der Waals surface area contributed by atoms with Crippen LogP contribution in [0.3, 0.4) is 0 Å². The summed E-state index contributed by atoms with van der Waals surface area (Å²) in [5.41, 5.74) is 0. The second-order valence-electron chi connectivity index (χ2n) is 3.31. The maximum Gasteiger partial charge on any atom is 0.0625 e. The zero-order valence-electron chi connectivity index (χ0n) is 7.13. The van der Waals surface area contributed by atoms with Gasteiger partial charge in [-0.05, 0) is 33.9 Å². The third-order valence-corrected chi connectivity index (χ3v) is 2.06. The van der Waals surface area contributed by atoms with E-state index in [9.17, 15) is 0 Å². The minimum atomic E-state index is 0.383. The Bertz CT molecular complexity index is 103. The highest BCUT2D eigenvalue weighted by atomic mass is 16.5. The fraction of sp³-hybridized carbons (Fsp3) is 1.00. The van der Waals surface area contributed by atoms with Crippen LogP contribution in [0.15, 0.2) is 0 Å². The van der Waals surface area contributed by atoms with E-state index in [4.69, 9.17) is 4.74 Å². The van der Waals surface area contributed by atoms with E-state index >= 15 is 0 Å². The Hall–Kier alpha value is -0.0800. The molecule has 1 atom stereocenters. The molecule has 0 N–H and O–H groups in total. The van der Waals surface area contributed by atoms with Crippen LogP contribution in [0.25, 0.3) is 0 Å². The maximum atomic E-state index is 5.47. The first kappa shape index (κ1) is 8.02. The van der Waals surface area contributed by atoms with E-state index < -0.39 is 0 Å². The quantitative estimate of drug-likeness (QED) is 0.587. The predicted octanol–water partition coefficient (Wildman–Crippen LogP) is 1.12. The minimum Gasteiger partial charge on any atom is -0.377 e. The van der Waals surface area contributed by atoms with E-state index in [1.165, 1.54) is 13.0 Å². The first-order chi connectivity index (χ1) is 4.70. The molecule has 1 fully saturated rings. The molecule has 1 aliphatic heterocycles. The van der Waals surface area contributed by atoms with Crippen molar-refractivity contribution in [3.63, 3.8) is 0 Å². The molecule has 10 heavy (non-hydrogen) atoms. The monoisotopic (exact) mass is 143 g/mol. The van der Waals surface area contributed by atoms with Crippen molar-refractivity contribution in [2.24, 2.45) is 0 Å². The first-order valence-corrected chi connectivity index (χ1v) is 4.02. The van der Waals surface area contributed by atoms with Crippen LogP contribution in [-0.4, -0.2) is 37.2 Å². The molecule has 0 spiro atoms. The Labute approximate surface area is 63.2 Å². The molecule has 60 valence electrons. The van der Waals surface area contributed by atoms with E-state index in [0.29, 0.717) is 12.1 Å². The molecule has 0 aromatic carbocycles. The fourth-order valence-corrected chi connectivity index (χ4v) is 1.08. The van der Waals surface area contributed by atoms with E-state index in [0.717, 1.165) is 6.61 Å². The van der Waals surface area contributed by atoms with Crippen LogP contribution in [-0.2, 0) is 4.74 Å². The van der Waals surface area contributed by atoms with Gasteiger partial charge in [0.05, 0.1) is 12.7 Å². The van der Waals surface area contributed by atoms with Gasteiger partial charge in [-0.1, -0.05) is 0 Å². The van der Waals surface area contributed by atoms with Crippen LogP contribution in [0.1, 0.15) is 20.3 Å². The Balaban J connectivity index is 2.03. The Morgan fingerprint density at radius 3 is 2.60 bits per heavy atom. The second kappa shape index (κ2) is 3.35. The summed E-state index contributed by atoms with van der Waals surface area (Å²) in [6.07, 6.45) is 1.69. The molecule has 1 saturated heterocycles. The van der Waals surface area contributed by atoms with Gasteiger partial charge in [-0.2, -0.15) is 0 Å². The van der Waals surface area contributed by atoms with Crippen LogP contribution >= 0.6 is 0 Å². The highest BCUT2D eigenvalue weighted by molar-refractivity contribution is 4.79. The average molecular weight is 143 g/mol. The molecule has 1 rings (SSSR count). The van der Waals surface area contributed by atoms with E-state index in [1.807, 2.05) is 0 Å². The van der Waals surface area contributed by atoms with Gasteiger partial charge in [0, 0.05) is 6.04 Å². The van der Waals surface area contributed by atoms with Gasteiger partial charge in [0.15, 0.2) is 0 Å². The lowest BCUT2D eigenvalue weighted by molar-refractivity contribution is -0.00469. The van der Waals surface area contributed by atoms with Crippen molar-refractivity contribution in [1.29, 1.82) is 0 Å². The molecule has 0 amide bonds. The third-order valence-electron chi connectivity index (χ3n) is 2.06. The number of hydrogen-bond acceptors (Lipinski definition) is 2. The molecule has 0 aliphatic carbocycles. The molecule has 1 aliphatic rings. The molecule has 0 bridgehead atoms. The van der Waals surface area contributed by atoms with Crippen LogP contribution in [0.4, 0.5) is 0 Å². The van der Waals surface area contributed by atoms with Crippen molar-refractivity contribution in [1.82, 2.24) is 4.90 Å². The van der Waals surface area contributed by atoms with Crippen molar-refractivity contribution in [3.8, 4) is 0 Å². The number of rotatable bonds is 3. The molecule has 0 radical (unpaired) electrons. The summed E-state index contributed by atoms with van der Waals surface area (Å²) in [5, 5.41) is 0. The summed E-state index contributed by atoms with van der Waals surface area (Å²) in [4.78, 5) is 2.34. The van der Waals surface area contributed by atoms with Gasteiger partial charge in [0.1, 0.15) is 0 Å². The summed E-state index contributed by atoms with van der Waals surface area (Å²) < 4.78 is 5.47. The number of ether oxygens (including phenoxy) is 1. The summed E-state index contributed by atoms with van der Waals surface area (Å²) in [6.45, 7) is 6.32. The fourth-order valence-electron chi connectivity index (χ4n) is 1.08. The van der Waals surface area contributed by atoms with Gasteiger partial charge in [0.25, 0.3) is 0 Å². The zero-order chi connectivity index (χ0) is 7.56. The normalized spacial score (nSPS) is 27.0. The van der Waals surface area contributed by atoms with Gasteiger partial charge in [0.2, 0.25) is 0 Å². The predicted molar refractivity (Wildman–Crippen MR) is 42.1 cm³/mol. The number of nitrogens with zero attached hydrogens (tertiary/aromatic N) is 1. The lowest BCUT2D eigenvalue weighted by Gasteiger charge is -2.37. The Morgan fingerprint density at radius 2 is 2.30 bits per heavy atom. The number of likely N-dealkylation sites (N-methyl/N-ethyl adjacent to an activating group) is 1. The van der Waals surface area contributed by atoms with Crippen molar-refractivity contribution in [2.75, 3.05) is 20.2 Å². The number of likely N-dealkylation sites (tertiary alicyclic amines) is 1. The summed E-state index contributed by atoms with van der Waals surface area (Å²) in [7, 11) is 2.15. The molecule has 0 aromatic heterocycles. The highest BCUT2D eigenvalue weighted by Gasteiger charge is 2.23. The second-order valence-corrected chi connectivity index (χ2v) is 3.31. The van der Waals surface area contributed by atoms with Crippen LogP contribution in [0.5, 0.6) is 0 Å². The largest absolute Gasteiger partial charge is 0.377 e. The lowest BCUT2D eigenvalue weighted by atomic mass is 10.1. The standard InChI is InChI=1S/C8H17NO/c1-7(2)10-6-8-4-5-9(8)3/h7-8H,4-6H2,1-3H3. The Morgan fingerprint density at radius 1 is 1.60 bits per heavy atom. The van der Waals surface area contributed by atoms with Crippen LogP contribution in [0.2, 0.25) is 0 Å². The smallest absolute Gasteiger partial charge is 0.0625 e. The molecule has 1 heterocycles. The topological polar surface area (TPSA) is 12.5 Å². The first-order valence-electron chi connectivity index (χ1n) is 4.02. The minimum absolute atomic E-state index is 0.383. The molecule has 1 unspecified atom stereocenters. The maximum absolute atomic E-state index is 5.47. The van der Waals surface area contributed by atoms with E-state index in [1.54, 1.807) is 0 Å². The van der Waals surface area contributed by atoms with E-state index in [-0.39, 0.29) is 0 Å². The highest BCUT2D eigenvalue weighted by Crippen LogP contribution is 2.14. The third kappa shape index (κ3) is 1.96. The van der Waals surface area contributed by atoms with E-state index in [2.05, 4.69) is 25.8 Å². The van der Waals surface area contributed by atoms with Gasteiger partial charge >= 0.3 is 0 Å². The number of hydrogen-bond donors (Lipinski definition) is 0. The van der Waals surface area contributed by atoms with Crippen molar-refractivity contribution < 1.29 is 4.74 Å². The molecular formula is C8H17NO. The van der Waals surface area contributed by atoms with Gasteiger partial charge < -0.3 is 9.64 Å². The summed E-state index contributed by atoms with van der Waals surface area (Å²) >= 11 is 0. The van der Waals surface area contributed by atoms with Crippen molar-refractivity contribution in [2.45, 2.75) is 32.4 Å². The van der Waals surface area contributed by atoms with Crippen molar-refractivity contribution in [3.05, 3.63) is 0 Å². The summed E-state index contributed by atoms with van der Waals surface area (Å²) in [5.74, 6) is 0. The van der Waals surface area contributed by atoms with Gasteiger partial charge in [-0.25, -0.2) is 0 Å². The van der Waals surface area contributed by atoms with Crippen molar-refractivity contribution >= 4 is 0 Å². The SMILES string of the molecule is CC(C)OCC1CCN1C. The molecule has 0 saturated carbocycles. The molecular weight excluding hydrogens is 126 g/mol. The zero-order valence-corrected chi connectivity index (χ0v) is 7.13. The average Bonchev–Trinajstić information content (AvgIpc) is 1.84. The van der Waals surface area contributed by atoms with Gasteiger partial charge in [-0.15, -0.1) is 0 Å². The Kier molecular flexibility index (Phi) is 2.69. The lowest BCUT2D eigenvalue weighted by Crippen LogP contribution is -2.47. The van der Waals surface area contributed by atoms with Crippen LogP contribution < -0.4 is 0 Å². The molecule has 0 aromatic rings. The molecule has 2 heteroatoms.